The Morgan fingerprint density at radius 1 is 1.22 bits per heavy atom. The summed E-state index contributed by atoms with van der Waals surface area (Å²) in [5, 5.41) is 18.9. The van der Waals surface area contributed by atoms with Gasteiger partial charge in [-0.2, -0.15) is 5.26 Å². The Hall–Kier alpha value is -2.06. The normalized spacial score (nSPS) is 11.7. The van der Waals surface area contributed by atoms with E-state index in [1.54, 1.807) is 30.3 Å². The van der Waals surface area contributed by atoms with Gasteiger partial charge in [-0.1, -0.05) is 35.3 Å². The molecule has 4 nitrogen and oxygen atoms in total. The van der Waals surface area contributed by atoms with Crippen molar-refractivity contribution in [2.75, 3.05) is 6.54 Å². The molecule has 0 aromatic heterocycles. The van der Waals surface area contributed by atoms with Crippen molar-refractivity contribution in [1.29, 1.82) is 5.26 Å². The Morgan fingerprint density at radius 2 is 1.91 bits per heavy atom. The van der Waals surface area contributed by atoms with Crippen LogP contribution in [0.3, 0.4) is 0 Å². The molecule has 0 spiro atoms. The zero-order valence-electron chi connectivity index (χ0n) is 12.1. The highest BCUT2D eigenvalue weighted by Gasteiger charge is 2.16. The molecule has 3 N–H and O–H groups in total. The minimum atomic E-state index is -0.907. The second-order valence-corrected chi connectivity index (χ2v) is 5.89. The summed E-state index contributed by atoms with van der Waals surface area (Å²) in [5.41, 5.74) is 8.29. The summed E-state index contributed by atoms with van der Waals surface area (Å²) in [6.07, 6.45) is -0.0539. The Morgan fingerprint density at radius 3 is 2.52 bits per heavy atom. The van der Waals surface area contributed by atoms with Crippen LogP contribution >= 0.6 is 23.2 Å². The second kappa shape index (κ2) is 7.47. The molecule has 23 heavy (non-hydrogen) atoms. The first-order valence-corrected chi connectivity index (χ1v) is 7.63. The Kier molecular flexibility index (Phi) is 5.62. The number of hydrogen-bond donors (Lipinski definition) is 2. The van der Waals surface area contributed by atoms with Crippen molar-refractivity contribution >= 4 is 29.2 Å². The summed E-state index contributed by atoms with van der Waals surface area (Å²) in [4.78, 5) is 11.0. The van der Waals surface area contributed by atoms with Crippen molar-refractivity contribution in [3.05, 3.63) is 57.6 Å². The molecule has 0 saturated carbocycles. The summed E-state index contributed by atoms with van der Waals surface area (Å²) in [6, 6.07) is 12.4. The maximum atomic E-state index is 11.0. The van der Waals surface area contributed by atoms with E-state index in [4.69, 9.17) is 39.3 Å². The van der Waals surface area contributed by atoms with Gasteiger partial charge in [-0.3, -0.25) is 4.79 Å². The van der Waals surface area contributed by atoms with Crippen LogP contribution in [-0.4, -0.2) is 17.6 Å². The van der Waals surface area contributed by atoms with Gasteiger partial charge in [-0.05, 0) is 41.9 Å². The predicted octanol–water partition coefficient (Wildman–Crippen LogP) is 4.05. The van der Waals surface area contributed by atoms with Crippen molar-refractivity contribution in [2.45, 2.75) is 12.3 Å². The van der Waals surface area contributed by atoms with E-state index in [2.05, 4.69) is 0 Å². The monoisotopic (exact) mass is 348 g/mol. The second-order valence-electron chi connectivity index (χ2n) is 5.08. The van der Waals surface area contributed by atoms with Gasteiger partial charge in [-0.25, -0.2) is 0 Å². The van der Waals surface area contributed by atoms with E-state index < -0.39 is 5.97 Å². The molecular formula is C17H14Cl2N2O2. The zero-order valence-corrected chi connectivity index (χ0v) is 13.6. The summed E-state index contributed by atoms with van der Waals surface area (Å²) in [6.45, 7) is 0.220. The first kappa shape index (κ1) is 17.3. The SMILES string of the molecule is N#Cc1cc(-c2cc([C@H](CN)CC(=O)O)ccc2Cl)ccc1Cl. The number of hydrogen-bond acceptors (Lipinski definition) is 3. The molecule has 0 aliphatic rings. The van der Waals surface area contributed by atoms with E-state index in [1.807, 2.05) is 12.1 Å². The molecule has 0 heterocycles. The predicted molar refractivity (Wildman–Crippen MR) is 90.7 cm³/mol. The van der Waals surface area contributed by atoms with E-state index >= 15 is 0 Å². The lowest BCUT2D eigenvalue weighted by Crippen LogP contribution is -2.16. The number of nitriles is 1. The Balaban J connectivity index is 2.49. The molecule has 2 aromatic carbocycles. The molecule has 0 bridgehead atoms. The fraction of sp³-hybridized carbons (Fsp3) is 0.176. The molecule has 0 unspecified atom stereocenters. The zero-order chi connectivity index (χ0) is 17.0. The number of carbonyl (C=O) groups is 1. The van der Waals surface area contributed by atoms with Gasteiger partial charge in [0, 0.05) is 16.5 Å². The number of carboxylic acid groups (broad SMARTS) is 1. The summed E-state index contributed by atoms with van der Waals surface area (Å²) in [5.74, 6) is -1.21. The molecule has 0 saturated heterocycles. The summed E-state index contributed by atoms with van der Waals surface area (Å²) < 4.78 is 0. The highest BCUT2D eigenvalue weighted by atomic mass is 35.5. The number of nitrogens with two attached hydrogens (primary N) is 1. The Bertz CT molecular complexity index is 785. The van der Waals surface area contributed by atoms with Crippen molar-refractivity contribution in [3.8, 4) is 17.2 Å². The highest BCUT2D eigenvalue weighted by molar-refractivity contribution is 6.33. The fourth-order valence-corrected chi connectivity index (χ4v) is 2.73. The van der Waals surface area contributed by atoms with Crippen LogP contribution < -0.4 is 5.73 Å². The molecular weight excluding hydrogens is 335 g/mol. The molecule has 0 aliphatic heterocycles. The maximum absolute atomic E-state index is 11.0. The van der Waals surface area contributed by atoms with Crippen LogP contribution in [0, 0.1) is 11.3 Å². The topological polar surface area (TPSA) is 87.1 Å². The van der Waals surface area contributed by atoms with E-state index in [1.165, 1.54) is 0 Å². The van der Waals surface area contributed by atoms with Crippen LogP contribution in [0.1, 0.15) is 23.5 Å². The number of rotatable bonds is 5. The number of aliphatic carboxylic acids is 1. The largest absolute Gasteiger partial charge is 0.481 e. The molecule has 2 rings (SSSR count). The highest BCUT2D eigenvalue weighted by Crippen LogP contribution is 2.33. The van der Waals surface area contributed by atoms with Gasteiger partial charge in [0.2, 0.25) is 0 Å². The van der Waals surface area contributed by atoms with Gasteiger partial charge in [-0.15, -0.1) is 0 Å². The van der Waals surface area contributed by atoms with Gasteiger partial charge in [0.25, 0.3) is 0 Å². The lowest BCUT2D eigenvalue weighted by Gasteiger charge is -2.15. The third-order valence-electron chi connectivity index (χ3n) is 3.57. The van der Waals surface area contributed by atoms with Crippen LogP contribution in [0.2, 0.25) is 10.0 Å². The number of halogens is 2. The van der Waals surface area contributed by atoms with E-state index in [0.29, 0.717) is 21.2 Å². The molecule has 2 aromatic rings. The quantitative estimate of drug-likeness (QED) is 0.853. The molecule has 0 amide bonds. The Labute approximate surface area is 144 Å². The molecule has 118 valence electrons. The first-order chi connectivity index (χ1) is 11.0. The molecule has 6 heteroatoms. The summed E-state index contributed by atoms with van der Waals surface area (Å²) >= 11 is 12.2. The van der Waals surface area contributed by atoms with Gasteiger partial charge < -0.3 is 10.8 Å². The molecule has 0 aliphatic carbocycles. The first-order valence-electron chi connectivity index (χ1n) is 6.87. The third kappa shape index (κ3) is 4.02. The van der Waals surface area contributed by atoms with Crippen LogP contribution in [-0.2, 0) is 4.79 Å². The van der Waals surface area contributed by atoms with Crippen LogP contribution in [0.25, 0.3) is 11.1 Å². The fourth-order valence-electron chi connectivity index (χ4n) is 2.34. The number of benzene rings is 2. The number of carboxylic acids is 1. The van der Waals surface area contributed by atoms with Crippen molar-refractivity contribution in [3.63, 3.8) is 0 Å². The average molecular weight is 349 g/mol. The summed E-state index contributed by atoms with van der Waals surface area (Å²) in [7, 11) is 0. The van der Waals surface area contributed by atoms with Gasteiger partial charge in [0.05, 0.1) is 17.0 Å². The van der Waals surface area contributed by atoms with E-state index in [0.717, 1.165) is 11.1 Å². The van der Waals surface area contributed by atoms with Gasteiger partial charge in [0.1, 0.15) is 6.07 Å². The third-order valence-corrected chi connectivity index (χ3v) is 4.22. The van der Waals surface area contributed by atoms with Crippen molar-refractivity contribution < 1.29 is 9.90 Å². The average Bonchev–Trinajstić information content (AvgIpc) is 2.53. The van der Waals surface area contributed by atoms with E-state index in [9.17, 15) is 4.79 Å². The van der Waals surface area contributed by atoms with Gasteiger partial charge >= 0.3 is 5.97 Å². The van der Waals surface area contributed by atoms with Crippen LogP contribution in [0.4, 0.5) is 0 Å². The molecule has 0 radical (unpaired) electrons. The lowest BCUT2D eigenvalue weighted by atomic mass is 9.92. The van der Waals surface area contributed by atoms with Crippen molar-refractivity contribution in [1.82, 2.24) is 0 Å². The minimum Gasteiger partial charge on any atom is -0.481 e. The molecule has 1 atom stereocenters. The standard InChI is InChI=1S/C17H14Cl2N2O2/c18-15-3-2-11(5-13(15)9-21)14-6-10(1-4-16(14)19)12(8-20)7-17(22)23/h1-6,12H,7-8,20H2,(H,22,23)/t12-/m0/s1. The smallest absolute Gasteiger partial charge is 0.304 e. The maximum Gasteiger partial charge on any atom is 0.304 e. The lowest BCUT2D eigenvalue weighted by molar-refractivity contribution is -0.137. The van der Waals surface area contributed by atoms with Crippen LogP contribution in [0.5, 0.6) is 0 Å². The van der Waals surface area contributed by atoms with Crippen LogP contribution in [0.15, 0.2) is 36.4 Å². The minimum absolute atomic E-state index is 0.0539. The molecule has 0 fully saturated rings. The van der Waals surface area contributed by atoms with E-state index in [-0.39, 0.29) is 18.9 Å². The van der Waals surface area contributed by atoms with Gasteiger partial charge in [0.15, 0.2) is 0 Å². The van der Waals surface area contributed by atoms with Crippen molar-refractivity contribution in [2.24, 2.45) is 5.73 Å². The number of nitrogens with zero attached hydrogens (tertiary/aromatic N) is 1.